The SMILES string of the molecule is O=C1CN(c2ccc(CNC(=O)C3(c4ccc(Br)cc4)CCOCC3)cc2)CCN1. The maximum absolute atomic E-state index is 13.3. The van der Waals surface area contributed by atoms with E-state index in [9.17, 15) is 9.59 Å². The molecule has 2 heterocycles. The lowest BCUT2D eigenvalue weighted by atomic mass is 9.73. The second kappa shape index (κ2) is 9.18. The van der Waals surface area contributed by atoms with E-state index in [0.29, 0.717) is 45.7 Å². The summed E-state index contributed by atoms with van der Waals surface area (Å²) in [5.41, 5.74) is 2.53. The quantitative estimate of drug-likeness (QED) is 0.703. The average Bonchev–Trinajstić information content (AvgIpc) is 2.79. The van der Waals surface area contributed by atoms with Crippen molar-refractivity contribution in [2.75, 3.05) is 37.7 Å². The van der Waals surface area contributed by atoms with Gasteiger partial charge in [0.1, 0.15) is 0 Å². The van der Waals surface area contributed by atoms with Gasteiger partial charge in [-0.1, -0.05) is 40.2 Å². The molecule has 2 aliphatic heterocycles. The Morgan fingerprint density at radius 1 is 1.10 bits per heavy atom. The Morgan fingerprint density at radius 2 is 1.80 bits per heavy atom. The number of hydrogen-bond donors (Lipinski definition) is 2. The molecule has 2 N–H and O–H groups in total. The molecule has 0 saturated carbocycles. The fraction of sp³-hybridized carbons (Fsp3) is 0.391. The van der Waals surface area contributed by atoms with E-state index in [1.807, 2.05) is 48.5 Å². The van der Waals surface area contributed by atoms with Gasteiger partial charge in [0.05, 0.1) is 12.0 Å². The van der Waals surface area contributed by atoms with Crippen LogP contribution in [0, 0.1) is 0 Å². The molecule has 2 amide bonds. The summed E-state index contributed by atoms with van der Waals surface area (Å²) < 4.78 is 6.54. The van der Waals surface area contributed by atoms with E-state index in [4.69, 9.17) is 4.74 Å². The predicted octanol–water partition coefficient (Wildman–Crippen LogP) is 2.75. The third-order valence-electron chi connectivity index (χ3n) is 5.97. The van der Waals surface area contributed by atoms with Crippen LogP contribution in [0.2, 0.25) is 0 Å². The van der Waals surface area contributed by atoms with Gasteiger partial charge in [-0.25, -0.2) is 0 Å². The molecule has 7 heteroatoms. The molecule has 2 saturated heterocycles. The van der Waals surface area contributed by atoms with Crippen LogP contribution in [0.25, 0.3) is 0 Å². The van der Waals surface area contributed by atoms with E-state index in [1.54, 1.807) is 0 Å². The molecular formula is C23H26BrN3O3. The second-order valence-electron chi connectivity index (χ2n) is 7.82. The molecule has 0 atom stereocenters. The third-order valence-corrected chi connectivity index (χ3v) is 6.50. The smallest absolute Gasteiger partial charge is 0.239 e. The molecule has 0 radical (unpaired) electrons. The molecule has 2 aliphatic rings. The first kappa shape index (κ1) is 20.9. The van der Waals surface area contributed by atoms with Gasteiger partial charge >= 0.3 is 0 Å². The summed E-state index contributed by atoms with van der Waals surface area (Å²) in [6.45, 7) is 3.49. The number of carbonyl (C=O) groups is 2. The molecule has 2 fully saturated rings. The Labute approximate surface area is 185 Å². The molecule has 0 aliphatic carbocycles. The summed E-state index contributed by atoms with van der Waals surface area (Å²) in [5.74, 6) is 0.0946. The molecule has 0 unspecified atom stereocenters. The van der Waals surface area contributed by atoms with E-state index in [0.717, 1.165) is 27.8 Å². The number of carbonyl (C=O) groups excluding carboxylic acids is 2. The van der Waals surface area contributed by atoms with E-state index in [1.165, 1.54) is 0 Å². The Kier molecular flexibility index (Phi) is 6.39. The first-order valence-electron chi connectivity index (χ1n) is 10.3. The minimum absolute atomic E-state index is 0.0462. The zero-order valence-corrected chi connectivity index (χ0v) is 18.4. The lowest BCUT2D eigenvalue weighted by Gasteiger charge is -2.36. The maximum atomic E-state index is 13.3. The molecule has 0 aromatic heterocycles. The Hall–Kier alpha value is -2.38. The molecule has 4 rings (SSSR count). The van der Waals surface area contributed by atoms with Crippen molar-refractivity contribution in [3.05, 3.63) is 64.1 Å². The van der Waals surface area contributed by atoms with Gasteiger partial charge in [-0.15, -0.1) is 0 Å². The van der Waals surface area contributed by atoms with Crippen LogP contribution in [0.5, 0.6) is 0 Å². The van der Waals surface area contributed by atoms with Crippen LogP contribution in [0.3, 0.4) is 0 Å². The second-order valence-corrected chi connectivity index (χ2v) is 8.74. The van der Waals surface area contributed by atoms with Crippen molar-refractivity contribution >= 4 is 33.4 Å². The van der Waals surface area contributed by atoms with E-state index in [2.05, 4.69) is 31.5 Å². The standard InChI is InChI=1S/C23H26BrN3O3/c24-19-5-3-18(4-6-19)23(9-13-30-14-10-23)22(29)26-15-17-1-7-20(8-2-17)27-12-11-25-21(28)16-27/h1-8H,9-16H2,(H,25,28)(H,26,29). The van der Waals surface area contributed by atoms with Gasteiger partial charge < -0.3 is 20.3 Å². The van der Waals surface area contributed by atoms with Gasteiger partial charge in [0, 0.05) is 43.0 Å². The molecule has 2 aromatic carbocycles. The van der Waals surface area contributed by atoms with Crippen molar-refractivity contribution in [2.45, 2.75) is 24.8 Å². The van der Waals surface area contributed by atoms with Crippen LogP contribution in [0.1, 0.15) is 24.0 Å². The minimum Gasteiger partial charge on any atom is -0.381 e. The third kappa shape index (κ3) is 4.52. The van der Waals surface area contributed by atoms with Gasteiger partial charge in [0.2, 0.25) is 11.8 Å². The highest BCUT2D eigenvalue weighted by molar-refractivity contribution is 9.10. The highest BCUT2D eigenvalue weighted by atomic mass is 79.9. The number of benzene rings is 2. The molecule has 2 aromatic rings. The van der Waals surface area contributed by atoms with Gasteiger partial charge in [-0.2, -0.15) is 0 Å². The van der Waals surface area contributed by atoms with Crippen molar-refractivity contribution in [3.63, 3.8) is 0 Å². The van der Waals surface area contributed by atoms with Crippen molar-refractivity contribution < 1.29 is 14.3 Å². The maximum Gasteiger partial charge on any atom is 0.239 e. The molecule has 158 valence electrons. The molecule has 6 nitrogen and oxygen atoms in total. The largest absolute Gasteiger partial charge is 0.381 e. The van der Waals surface area contributed by atoms with E-state index in [-0.39, 0.29) is 11.8 Å². The summed E-state index contributed by atoms with van der Waals surface area (Å²) >= 11 is 3.47. The van der Waals surface area contributed by atoms with Crippen molar-refractivity contribution in [3.8, 4) is 0 Å². The monoisotopic (exact) mass is 471 g/mol. The summed E-state index contributed by atoms with van der Waals surface area (Å²) in [7, 11) is 0. The first-order valence-corrected chi connectivity index (χ1v) is 11.1. The highest BCUT2D eigenvalue weighted by Crippen LogP contribution is 2.36. The number of nitrogens with zero attached hydrogens (tertiary/aromatic N) is 1. The molecule has 30 heavy (non-hydrogen) atoms. The summed E-state index contributed by atoms with van der Waals surface area (Å²) in [5, 5.41) is 5.98. The number of anilines is 1. The van der Waals surface area contributed by atoms with E-state index < -0.39 is 5.41 Å². The predicted molar refractivity (Wildman–Crippen MR) is 119 cm³/mol. The zero-order chi connectivity index (χ0) is 21.0. The normalized spacial score (nSPS) is 18.6. The van der Waals surface area contributed by atoms with Crippen molar-refractivity contribution in [1.29, 1.82) is 0 Å². The van der Waals surface area contributed by atoms with Crippen LogP contribution >= 0.6 is 15.9 Å². The fourth-order valence-corrected chi connectivity index (χ4v) is 4.44. The van der Waals surface area contributed by atoms with Crippen LogP contribution in [0.15, 0.2) is 53.0 Å². The van der Waals surface area contributed by atoms with Crippen LogP contribution in [0.4, 0.5) is 5.69 Å². The van der Waals surface area contributed by atoms with Crippen LogP contribution < -0.4 is 15.5 Å². The van der Waals surface area contributed by atoms with Gasteiger partial charge in [0.25, 0.3) is 0 Å². The number of rotatable bonds is 5. The minimum atomic E-state index is -0.556. The Bertz CT molecular complexity index is 893. The van der Waals surface area contributed by atoms with Crippen LogP contribution in [-0.4, -0.2) is 44.7 Å². The lowest BCUT2D eigenvalue weighted by molar-refractivity contribution is -0.130. The van der Waals surface area contributed by atoms with Crippen molar-refractivity contribution in [1.82, 2.24) is 10.6 Å². The first-order chi connectivity index (χ1) is 14.6. The van der Waals surface area contributed by atoms with E-state index >= 15 is 0 Å². The number of nitrogens with one attached hydrogen (secondary N) is 2. The summed E-state index contributed by atoms with van der Waals surface area (Å²) in [6, 6.07) is 16.1. The molecule has 0 spiro atoms. The zero-order valence-electron chi connectivity index (χ0n) is 16.8. The van der Waals surface area contributed by atoms with Gasteiger partial charge in [-0.05, 0) is 48.2 Å². The number of ether oxygens (including phenoxy) is 1. The average molecular weight is 472 g/mol. The molecule has 0 bridgehead atoms. The highest BCUT2D eigenvalue weighted by Gasteiger charge is 2.41. The Morgan fingerprint density at radius 3 is 2.47 bits per heavy atom. The molecular weight excluding hydrogens is 446 g/mol. The van der Waals surface area contributed by atoms with Crippen LogP contribution in [-0.2, 0) is 26.3 Å². The fourth-order valence-electron chi connectivity index (χ4n) is 4.17. The van der Waals surface area contributed by atoms with Gasteiger partial charge in [0.15, 0.2) is 0 Å². The van der Waals surface area contributed by atoms with Crippen molar-refractivity contribution in [2.24, 2.45) is 0 Å². The summed E-state index contributed by atoms with van der Waals surface area (Å²) in [4.78, 5) is 27.0. The lowest BCUT2D eigenvalue weighted by Crippen LogP contribution is -2.48. The number of piperazine rings is 1. The Balaban J connectivity index is 1.43. The summed E-state index contributed by atoms with van der Waals surface area (Å²) in [6.07, 6.45) is 1.35. The number of amides is 2. The van der Waals surface area contributed by atoms with Gasteiger partial charge in [-0.3, -0.25) is 9.59 Å². The topological polar surface area (TPSA) is 70.7 Å². The number of hydrogen-bond acceptors (Lipinski definition) is 4. The number of halogens is 1.